The first kappa shape index (κ1) is 16.4. The van der Waals surface area contributed by atoms with E-state index in [0.29, 0.717) is 6.42 Å². The third-order valence-electron chi connectivity index (χ3n) is 3.80. The molecule has 0 aromatic heterocycles. The zero-order valence-corrected chi connectivity index (χ0v) is 13.0. The molecular weight excluding hydrogens is 264 g/mol. The standard InChI is InChI=1S/C13H26N2O3S/c1-11(10-19(3,17)18)15-12(16)9-13(14-2)7-5-4-6-8-13/h11,14H,4-10H2,1-3H3,(H,15,16). The van der Waals surface area contributed by atoms with Gasteiger partial charge in [-0.1, -0.05) is 19.3 Å². The molecule has 1 aliphatic carbocycles. The van der Waals surface area contributed by atoms with Gasteiger partial charge in [-0.15, -0.1) is 0 Å². The van der Waals surface area contributed by atoms with E-state index in [2.05, 4.69) is 10.6 Å². The molecular formula is C13H26N2O3S. The fraction of sp³-hybridized carbons (Fsp3) is 0.923. The maximum atomic E-state index is 12.0. The highest BCUT2D eigenvalue weighted by atomic mass is 32.2. The molecule has 0 saturated heterocycles. The van der Waals surface area contributed by atoms with Crippen LogP contribution in [0, 0.1) is 0 Å². The predicted octanol–water partition coefficient (Wildman–Crippen LogP) is 0.848. The number of carbonyl (C=O) groups excluding carboxylic acids is 1. The van der Waals surface area contributed by atoms with Crippen molar-refractivity contribution in [2.45, 2.75) is 57.0 Å². The van der Waals surface area contributed by atoms with Crippen LogP contribution >= 0.6 is 0 Å². The van der Waals surface area contributed by atoms with Gasteiger partial charge in [0.15, 0.2) is 0 Å². The van der Waals surface area contributed by atoms with Gasteiger partial charge < -0.3 is 10.6 Å². The van der Waals surface area contributed by atoms with E-state index in [4.69, 9.17) is 0 Å². The Balaban J connectivity index is 2.49. The van der Waals surface area contributed by atoms with E-state index in [-0.39, 0.29) is 23.2 Å². The molecule has 1 unspecified atom stereocenters. The van der Waals surface area contributed by atoms with Gasteiger partial charge in [0, 0.05) is 24.3 Å². The van der Waals surface area contributed by atoms with Gasteiger partial charge in [-0.05, 0) is 26.8 Å². The zero-order valence-electron chi connectivity index (χ0n) is 12.2. The van der Waals surface area contributed by atoms with Crippen LogP contribution in [0.3, 0.4) is 0 Å². The van der Waals surface area contributed by atoms with E-state index < -0.39 is 9.84 Å². The van der Waals surface area contributed by atoms with Crippen LogP contribution in [0.1, 0.15) is 45.4 Å². The lowest BCUT2D eigenvalue weighted by molar-refractivity contribution is -0.123. The molecule has 0 heterocycles. The van der Waals surface area contributed by atoms with Gasteiger partial charge in [0.05, 0.1) is 5.75 Å². The summed E-state index contributed by atoms with van der Waals surface area (Å²) in [5.41, 5.74) is -0.104. The summed E-state index contributed by atoms with van der Waals surface area (Å²) in [5, 5.41) is 6.08. The minimum Gasteiger partial charge on any atom is -0.353 e. The number of sulfone groups is 1. The third kappa shape index (κ3) is 5.91. The summed E-state index contributed by atoms with van der Waals surface area (Å²) >= 11 is 0. The lowest BCUT2D eigenvalue weighted by atomic mass is 9.79. The van der Waals surface area contributed by atoms with Crippen molar-refractivity contribution in [3.8, 4) is 0 Å². The summed E-state index contributed by atoms with van der Waals surface area (Å²) in [4.78, 5) is 12.0. The van der Waals surface area contributed by atoms with Crippen LogP contribution in [0.5, 0.6) is 0 Å². The van der Waals surface area contributed by atoms with Gasteiger partial charge in [0.1, 0.15) is 9.84 Å². The molecule has 1 saturated carbocycles. The van der Waals surface area contributed by atoms with E-state index in [1.165, 1.54) is 12.7 Å². The Bertz CT molecular complexity index is 400. The molecule has 112 valence electrons. The second-order valence-electron chi connectivity index (χ2n) is 5.83. The van der Waals surface area contributed by atoms with Crippen molar-refractivity contribution in [3.63, 3.8) is 0 Å². The Kier molecular flexibility index (Phi) is 5.80. The fourth-order valence-electron chi connectivity index (χ4n) is 2.87. The minimum atomic E-state index is -3.05. The first-order valence-corrected chi connectivity index (χ1v) is 8.98. The van der Waals surface area contributed by atoms with E-state index in [0.717, 1.165) is 25.7 Å². The Morgan fingerprint density at radius 3 is 2.32 bits per heavy atom. The quantitative estimate of drug-likeness (QED) is 0.760. The van der Waals surface area contributed by atoms with Crippen molar-refractivity contribution in [2.24, 2.45) is 0 Å². The van der Waals surface area contributed by atoms with Gasteiger partial charge in [-0.25, -0.2) is 8.42 Å². The molecule has 2 N–H and O–H groups in total. The second-order valence-corrected chi connectivity index (χ2v) is 8.01. The van der Waals surface area contributed by atoms with Crippen molar-refractivity contribution in [1.82, 2.24) is 10.6 Å². The Labute approximate surface area is 116 Å². The van der Waals surface area contributed by atoms with Gasteiger partial charge in [-0.3, -0.25) is 4.79 Å². The molecule has 1 fully saturated rings. The van der Waals surface area contributed by atoms with Crippen LogP contribution < -0.4 is 10.6 Å². The molecule has 0 bridgehead atoms. The molecule has 1 atom stereocenters. The molecule has 1 amide bonds. The van der Waals surface area contributed by atoms with Gasteiger partial charge in [-0.2, -0.15) is 0 Å². The largest absolute Gasteiger partial charge is 0.353 e. The number of carbonyl (C=O) groups is 1. The summed E-state index contributed by atoms with van der Waals surface area (Å²) in [5.74, 6) is -0.0712. The van der Waals surface area contributed by atoms with E-state index in [1.807, 2.05) is 7.05 Å². The summed E-state index contributed by atoms with van der Waals surface area (Å²) < 4.78 is 22.3. The first-order chi connectivity index (χ1) is 8.76. The Hall–Kier alpha value is -0.620. The highest BCUT2D eigenvalue weighted by Gasteiger charge is 2.32. The Morgan fingerprint density at radius 2 is 1.84 bits per heavy atom. The molecule has 1 rings (SSSR count). The summed E-state index contributed by atoms with van der Waals surface area (Å²) in [7, 11) is -1.15. The highest BCUT2D eigenvalue weighted by Crippen LogP contribution is 2.30. The summed E-state index contributed by atoms with van der Waals surface area (Å²) in [6, 6.07) is -0.333. The first-order valence-electron chi connectivity index (χ1n) is 6.92. The number of rotatable bonds is 6. The summed E-state index contributed by atoms with van der Waals surface area (Å²) in [6.45, 7) is 1.73. The average molecular weight is 290 g/mol. The number of nitrogens with one attached hydrogen (secondary N) is 2. The van der Waals surface area contributed by atoms with Crippen molar-refractivity contribution < 1.29 is 13.2 Å². The molecule has 1 aliphatic rings. The summed E-state index contributed by atoms with van der Waals surface area (Å²) in [6.07, 6.45) is 7.16. The molecule has 0 radical (unpaired) electrons. The monoisotopic (exact) mass is 290 g/mol. The third-order valence-corrected chi connectivity index (χ3v) is 4.91. The number of hydrogen-bond acceptors (Lipinski definition) is 4. The predicted molar refractivity (Wildman–Crippen MR) is 76.8 cm³/mol. The van der Waals surface area contributed by atoms with Gasteiger partial charge in [0.25, 0.3) is 0 Å². The van der Waals surface area contributed by atoms with Gasteiger partial charge in [0.2, 0.25) is 5.91 Å². The minimum absolute atomic E-state index is 0.00864. The van der Waals surface area contributed by atoms with Crippen LogP contribution in [0.2, 0.25) is 0 Å². The fourth-order valence-corrected chi connectivity index (χ4v) is 3.86. The van der Waals surface area contributed by atoms with Crippen LogP contribution in [0.25, 0.3) is 0 Å². The van der Waals surface area contributed by atoms with Crippen molar-refractivity contribution >= 4 is 15.7 Å². The van der Waals surface area contributed by atoms with Crippen LogP contribution in [0.4, 0.5) is 0 Å². The zero-order chi connectivity index (χ0) is 14.5. The topological polar surface area (TPSA) is 75.3 Å². The van der Waals surface area contributed by atoms with E-state index >= 15 is 0 Å². The highest BCUT2D eigenvalue weighted by molar-refractivity contribution is 7.90. The van der Waals surface area contributed by atoms with Crippen molar-refractivity contribution in [1.29, 1.82) is 0 Å². The SMILES string of the molecule is CNC1(CC(=O)NC(C)CS(C)(=O)=O)CCCCC1. The van der Waals surface area contributed by atoms with E-state index in [1.54, 1.807) is 6.92 Å². The number of hydrogen-bond donors (Lipinski definition) is 2. The second kappa shape index (κ2) is 6.70. The molecule has 0 aromatic rings. The van der Waals surface area contributed by atoms with Crippen molar-refractivity contribution in [2.75, 3.05) is 19.1 Å². The average Bonchev–Trinajstić information content (AvgIpc) is 2.27. The lowest BCUT2D eigenvalue weighted by Gasteiger charge is -2.37. The number of amides is 1. The maximum absolute atomic E-state index is 12.0. The molecule has 19 heavy (non-hydrogen) atoms. The van der Waals surface area contributed by atoms with E-state index in [9.17, 15) is 13.2 Å². The smallest absolute Gasteiger partial charge is 0.222 e. The lowest BCUT2D eigenvalue weighted by Crippen LogP contribution is -2.49. The van der Waals surface area contributed by atoms with Gasteiger partial charge >= 0.3 is 0 Å². The molecule has 5 nitrogen and oxygen atoms in total. The Morgan fingerprint density at radius 1 is 1.26 bits per heavy atom. The molecule has 0 aromatic carbocycles. The molecule has 0 spiro atoms. The van der Waals surface area contributed by atoms with Crippen molar-refractivity contribution in [3.05, 3.63) is 0 Å². The maximum Gasteiger partial charge on any atom is 0.222 e. The molecule has 0 aliphatic heterocycles. The normalized spacial score (nSPS) is 20.8. The van der Waals surface area contributed by atoms with Crippen LogP contribution in [0.15, 0.2) is 0 Å². The van der Waals surface area contributed by atoms with Crippen LogP contribution in [-0.4, -0.2) is 45.0 Å². The van der Waals surface area contributed by atoms with Crippen LogP contribution in [-0.2, 0) is 14.6 Å². The molecule has 6 heteroatoms.